The van der Waals surface area contributed by atoms with Crippen LogP contribution in [0.5, 0.6) is 11.5 Å². The van der Waals surface area contributed by atoms with E-state index in [1.165, 1.54) is 5.56 Å². The Kier molecular flexibility index (Phi) is 6.23. The third-order valence-electron chi connectivity index (χ3n) is 3.04. The predicted octanol–water partition coefficient (Wildman–Crippen LogP) is 4.50. The minimum absolute atomic E-state index is 0.586. The van der Waals surface area contributed by atoms with E-state index in [1.54, 1.807) is 7.11 Å². The molecule has 3 nitrogen and oxygen atoms in total. The molecule has 0 saturated heterocycles. The predicted molar refractivity (Wildman–Crippen MR) is 88.8 cm³/mol. The molecule has 2 rings (SSSR count). The van der Waals surface area contributed by atoms with E-state index in [0.717, 1.165) is 34.6 Å². The summed E-state index contributed by atoms with van der Waals surface area (Å²) in [5.74, 6) is 1.63. The van der Waals surface area contributed by atoms with Crippen LogP contribution in [-0.2, 0) is 17.9 Å². The molecule has 1 N–H and O–H groups in total. The molecular formula is C17H20BrNO2. The zero-order valence-corrected chi connectivity index (χ0v) is 13.9. The summed E-state index contributed by atoms with van der Waals surface area (Å²) in [6.45, 7) is 4.48. The van der Waals surface area contributed by atoms with Crippen LogP contribution >= 0.6 is 15.9 Å². The number of methoxy groups -OCH3 is 1. The van der Waals surface area contributed by atoms with Gasteiger partial charge in [0.05, 0.1) is 6.61 Å². The Hall–Kier alpha value is -1.36. The highest BCUT2D eigenvalue weighted by Gasteiger charge is 2.04. The summed E-state index contributed by atoms with van der Waals surface area (Å²) in [5, 5.41) is 3.31. The van der Waals surface area contributed by atoms with Crippen LogP contribution in [0.15, 0.2) is 46.9 Å². The normalized spacial score (nSPS) is 10.6. The maximum atomic E-state index is 5.90. The fourth-order valence-electron chi connectivity index (χ4n) is 2.00. The lowest BCUT2D eigenvalue weighted by Crippen LogP contribution is -2.11. The molecule has 0 fully saturated rings. The van der Waals surface area contributed by atoms with E-state index >= 15 is 0 Å². The van der Waals surface area contributed by atoms with Crippen LogP contribution in [0.1, 0.15) is 18.1 Å². The zero-order valence-electron chi connectivity index (χ0n) is 12.4. The Morgan fingerprint density at radius 3 is 2.62 bits per heavy atom. The Morgan fingerprint density at radius 2 is 1.90 bits per heavy atom. The van der Waals surface area contributed by atoms with Gasteiger partial charge in [-0.3, -0.25) is 0 Å². The standard InChI is InChI=1S/C17H20BrNO2/c1-3-19-11-14-7-8-16(10-17(14)18)21-15-6-4-5-13(9-15)12-20-2/h4-10,19H,3,11-12H2,1-2H3. The van der Waals surface area contributed by atoms with Gasteiger partial charge in [-0.05, 0) is 41.9 Å². The third-order valence-corrected chi connectivity index (χ3v) is 3.77. The van der Waals surface area contributed by atoms with E-state index < -0.39 is 0 Å². The number of halogens is 1. The molecular weight excluding hydrogens is 330 g/mol. The van der Waals surface area contributed by atoms with Crippen molar-refractivity contribution in [2.45, 2.75) is 20.1 Å². The summed E-state index contributed by atoms with van der Waals surface area (Å²) in [6, 6.07) is 14.0. The Morgan fingerprint density at radius 1 is 1.10 bits per heavy atom. The smallest absolute Gasteiger partial charge is 0.128 e. The van der Waals surface area contributed by atoms with Crippen molar-refractivity contribution in [2.75, 3.05) is 13.7 Å². The van der Waals surface area contributed by atoms with Crippen molar-refractivity contribution in [1.29, 1.82) is 0 Å². The van der Waals surface area contributed by atoms with Gasteiger partial charge in [-0.15, -0.1) is 0 Å². The first-order valence-electron chi connectivity index (χ1n) is 6.97. The van der Waals surface area contributed by atoms with Crippen LogP contribution in [0, 0.1) is 0 Å². The molecule has 0 bridgehead atoms. The molecule has 0 unspecified atom stereocenters. The Labute approximate surface area is 134 Å². The third kappa shape index (κ3) is 4.84. The topological polar surface area (TPSA) is 30.5 Å². The second kappa shape index (κ2) is 8.17. The van der Waals surface area contributed by atoms with Crippen molar-refractivity contribution >= 4 is 15.9 Å². The van der Waals surface area contributed by atoms with Gasteiger partial charge in [0.15, 0.2) is 0 Å². The highest BCUT2D eigenvalue weighted by Crippen LogP contribution is 2.27. The van der Waals surface area contributed by atoms with Gasteiger partial charge in [0.2, 0.25) is 0 Å². The van der Waals surface area contributed by atoms with Crippen molar-refractivity contribution in [3.63, 3.8) is 0 Å². The molecule has 0 aliphatic rings. The van der Waals surface area contributed by atoms with Gasteiger partial charge in [0, 0.05) is 18.1 Å². The second-order valence-electron chi connectivity index (χ2n) is 4.72. The van der Waals surface area contributed by atoms with Gasteiger partial charge in [-0.2, -0.15) is 0 Å². The molecule has 4 heteroatoms. The lowest BCUT2D eigenvalue weighted by molar-refractivity contribution is 0.184. The van der Waals surface area contributed by atoms with E-state index in [0.29, 0.717) is 6.61 Å². The summed E-state index contributed by atoms with van der Waals surface area (Å²) >= 11 is 3.59. The monoisotopic (exact) mass is 349 g/mol. The fourth-order valence-corrected chi connectivity index (χ4v) is 2.49. The van der Waals surface area contributed by atoms with E-state index in [4.69, 9.17) is 9.47 Å². The molecule has 0 saturated carbocycles. The lowest BCUT2D eigenvalue weighted by atomic mass is 10.2. The molecule has 0 spiro atoms. The first-order chi connectivity index (χ1) is 10.2. The molecule has 0 atom stereocenters. The van der Waals surface area contributed by atoms with E-state index in [2.05, 4.69) is 34.2 Å². The summed E-state index contributed by atoms with van der Waals surface area (Å²) in [4.78, 5) is 0. The minimum atomic E-state index is 0.586. The minimum Gasteiger partial charge on any atom is -0.457 e. The molecule has 2 aromatic rings. The van der Waals surface area contributed by atoms with Gasteiger partial charge >= 0.3 is 0 Å². The van der Waals surface area contributed by atoms with Gasteiger partial charge in [-0.1, -0.05) is 41.1 Å². The number of nitrogens with one attached hydrogen (secondary N) is 1. The van der Waals surface area contributed by atoms with E-state index in [1.807, 2.05) is 36.4 Å². The molecule has 0 radical (unpaired) electrons. The molecule has 0 amide bonds. The summed E-state index contributed by atoms with van der Waals surface area (Å²) < 4.78 is 12.1. The van der Waals surface area contributed by atoms with Gasteiger partial charge in [-0.25, -0.2) is 0 Å². The van der Waals surface area contributed by atoms with Crippen LogP contribution in [0.25, 0.3) is 0 Å². The maximum absolute atomic E-state index is 5.90. The first kappa shape index (κ1) is 16.0. The van der Waals surface area contributed by atoms with Crippen LogP contribution in [-0.4, -0.2) is 13.7 Å². The van der Waals surface area contributed by atoms with Crippen molar-refractivity contribution in [3.8, 4) is 11.5 Å². The molecule has 0 aliphatic carbocycles. The van der Waals surface area contributed by atoms with Crippen LogP contribution < -0.4 is 10.1 Å². The lowest BCUT2D eigenvalue weighted by Gasteiger charge is -2.10. The SMILES string of the molecule is CCNCc1ccc(Oc2cccc(COC)c2)cc1Br. The fraction of sp³-hybridized carbons (Fsp3) is 0.294. The largest absolute Gasteiger partial charge is 0.457 e. The number of hydrogen-bond acceptors (Lipinski definition) is 3. The quantitative estimate of drug-likeness (QED) is 0.798. The zero-order chi connectivity index (χ0) is 15.1. The van der Waals surface area contributed by atoms with Crippen molar-refractivity contribution < 1.29 is 9.47 Å². The molecule has 0 heterocycles. The first-order valence-corrected chi connectivity index (χ1v) is 7.77. The van der Waals surface area contributed by atoms with Crippen LogP contribution in [0.3, 0.4) is 0 Å². The average molecular weight is 350 g/mol. The highest BCUT2D eigenvalue weighted by molar-refractivity contribution is 9.10. The molecule has 2 aromatic carbocycles. The Bertz CT molecular complexity index is 587. The summed E-state index contributed by atoms with van der Waals surface area (Å²) in [7, 11) is 1.69. The van der Waals surface area contributed by atoms with Crippen molar-refractivity contribution in [2.24, 2.45) is 0 Å². The van der Waals surface area contributed by atoms with E-state index in [9.17, 15) is 0 Å². The van der Waals surface area contributed by atoms with E-state index in [-0.39, 0.29) is 0 Å². The maximum Gasteiger partial charge on any atom is 0.128 e. The summed E-state index contributed by atoms with van der Waals surface area (Å²) in [6.07, 6.45) is 0. The number of hydrogen-bond donors (Lipinski definition) is 1. The van der Waals surface area contributed by atoms with Crippen molar-refractivity contribution in [3.05, 3.63) is 58.1 Å². The average Bonchev–Trinajstić information content (AvgIpc) is 2.47. The molecule has 0 aromatic heterocycles. The molecule has 0 aliphatic heterocycles. The Balaban J connectivity index is 2.09. The number of rotatable bonds is 7. The van der Waals surface area contributed by atoms with Gasteiger partial charge in [0.25, 0.3) is 0 Å². The molecule has 112 valence electrons. The van der Waals surface area contributed by atoms with Crippen LogP contribution in [0.4, 0.5) is 0 Å². The van der Waals surface area contributed by atoms with Crippen LogP contribution in [0.2, 0.25) is 0 Å². The second-order valence-corrected chi connectivity index (χ2v) is 5.57. The van der Waals surface area contributed by atoms with Crippen molar-refractivity contribution in [1.82, 2.24) is 5.32 Å². The highest BCUT2D eigenvalue weighted by atomic mass is 79.9. The number of ether oxygens (including phenoxy) is 2. The molecule has 21 heavy (non-hydrogen) atoms. The summed E-state index contributed by atoms with van der Waals surface area (Å²) in [5.41, 5.74) is 2.31. The van der Waals surface area contributed by atoms with Gasteiger partial charge < -0.3 is 14.8 Å². The number of benzene rings is 2. The van der Waals surface area contributed by atoms with Gasteiger partial charge in [0.1, 0.15) is 11.5 Å².